The van der Waals surface area contributed by atoms with Crippen molar-refractivity contribution in [2.24, 2.45) is 4.99 Å². The maximum atomic E-state index is 13.3. The van der Waals surface area contributed by atoms with Crippen LogP contribution in [0.3, 0.4) is 0 Å². The van der Waals surface area contributed by atoms with E-state index in [2.05, 4.69) is 38.5 Å². The topological polar surface area (TPSA) is 42.9 Å². The Hall–Kier alpha value is -2.31. The van der Waals surface area contributed by atoms with Gasteiger partial charge in [0.05, 0.1) is 0 Å². The van der Waals surface area contributed by atoms with Crippen LogP contribution in [-0.2, 0) is 13.1 Å². The normalized spacial score (nSPS) is 15.6. The highest BCUT2D eigenvalue weighted by Crippen LogP contribution is 2.28. The number of guanidine groups is 1. The second kappa shape index (κ2) is 9.75. The number of aliphatic imine (C=N–C) groups is 1. The number of anilines is 1. The summed E-state index contributed by atoms with van der Waals surface area (Å²) in [5.74, 6) is 0.406. The molecule has 0 aliphatic carbocycles. The standard InChI is InChI=1S/C21H27ClFN5/c1-24-21(25-14-16-5-3-6-17(23)13-16)26-15-18-19(22)7-4-8-20(18)28-11-9-27(2)10-12-28/h3-8,13H,9-12,14-15H2,1-2H3,(H2,24,25,26). The molecule has 1 fully saturated rings. The highest BCUT2D eigenvalue weighted by molar-refractivity contribution is 6.31. The first-order valence-corrected chi connectivity index (χ1v) is 9.84. The van der Waals surface area contributed by atoms with E-state index in [1.807, 2.05) is 18.2 Å². The Morgan fingerprint density at radius 1 is 1.07 bits per heavy atom. The molecular formula is C21H27ClFN5. The molecule has 0 unspecified atom stereocenters. The van der Waals surface area contributed by atoms with E-state index in [-0.39, 0.29) is 5.82 Å². The van der Waals surface area contributed by atoms with Gasteiger partial charge in [-0.15, -0.1) is 0 Å². The Balaban J connectivity index is 1.64. The fourth-order valence-corrected chi connectivity index (χ4v) is 3.53. The summed E-state index contributed by atoms with van der Waals surface area (Å²) in [7, 11) is 3.86. The first-order chi connectivity index (χ1) is 13.6. The van der Waals surface area contributed by atoms with E-state index in [9.17, 15) is 4.39 Å². The Kier molecular flexibility index (Phi) is 7.12. The minimum atomic E-state index is -0.241. The van der Waals surface area contributed by atoms with Gasteiger partial charge in [0.2, 0.25) is 0 Å². The predicted octanol–water partition coefficient (Wildman–Crippen LogP) is 3.10. The van der Waals surface area contributed by atoms with Gasteiger partial charge in [0.1, 0.15) is 5.82 Å². The summed E-state index contributed by atoms with van der Waals surface area (Å²) in [6.07, 6.45) is 0. The highest BCUT2D eigenvalue weighted by atomic mass is 35.5. The molecule has 0 saturated carbocycles. The van der Waals surface area contributed by atoms with E-state index in [4.69, 9.17) is 11.6 Å². The molecule has 5 nitrogen and oxygen atoms in total. The predicted molar refractivity (Wildman–Crippen MR) is 115 cm³/mol. The first-order valence-electron chi connectivity index (χ1n) is 9.46. The van der Waals surface area contributed by atoms with Crippen LogP contribution in [0.25, 0.3) is 0 Å². The second-order valence-corrected chi connectivity index (χ2v) is 7.34. The maximum absolute atomic E-state index is 13.3. The molecule has 1 aliphatic rings. The van der Waals surface area contributed by atoms with Gasteiger partial charge in [-0.25, -0.2) is 4.39 Å². The van der Waals surface area contributed by atoms with Crippen LogP contribution in [0.15, 0.2) is 47.5 Å². The zero-order chi connectivity index (χ0) is 19.9. The molecule has 1 aliphatic heterocycles. The summed E-state index contributed by atoms with van der Waals surface area (Å²) in [5, 5.41) is 7.28. The molecule has 0 radical (unpaired) electrons. The van der Waals surface area contributed by atoms with Gasteiger partial charge in [0, 0.05) is 62.6 Å². The van der Waals surface area contributed by atoms with E-state index >= 15 is 0 Å². The Morgan fingerprint density at radius 2 is 1.79 bits per heavy atom. The fraction of sp³-hybridized carbons (Fsp3) is 0.381. The maximum Gasteiger partial charge on any atom is 0.191 e. The number of rotatable bonds is 5. The molecule has 7 heteroatoms. The average Bonchev–Trinajstić information content (AvgIpc) is 2.69. The summed E-state index contributed by atoms with van der Waals surface area (Å²) in [6.45, 7) is 5.09. The lowest BCUT2D eigenvalue weighted by Gasteiger charge is -2.35. The molecule has 2 N–H and O–H groups in total. The van der Waals surface area contributed by atoms with Crippen LogP contribution in [0.5, 0.6) is 0 Å². The van der Waals surface area contributed by atoms with Crippen molar-refractivity contribution in [2.75, 3.05) is 45.2 Å². The number of piperazine rings is 1. The van der Waals surface area contributed by atoms with Crippen molar-refractivity contribution in [2.45, 2.75) is 13.1 Å². The Labute approximate surface area is 171 Å². The van der Waals surface area contributed by atoms with Gasteiger partial charge >= 0.3 is 0 Å². The average molecular weight is 404 g/mol. The molecule has 3 rings (SSSR count). The van der Waals surface area contributed by atoms with Crippen LogP contribution < -0.4 is 15.5 Å². The monoisotopic (exact) mass is 403 g/mol. The largest absolute Gasteiger partial charge is 0.369 e. The molecule has 0 bridgehead atoms. The molecule has 0 atom stereocenters. The fourth-order valence-electron chi connectivity index (χ4n) is 3.29. The molecule has 2 aromatic carbocycles. The number of hydrogen-bond donors (Lipinski definition) is 2. The lowest BCUT2D eigenvalue weighted by Crippen LogP contribution is -2.45. The summed E-state index contributed by atoms with van der Waals surface area (Å²) >= 11 is 6.52. The lowest BCUT2D eigenvalue weighted by atomic mass is 10.1. The molecule has 2 aromatic rings. The lowest BCUT2D eigenvalue weighted by molar-refractivity contribution is 0.312. The molecular weight excluding hydrogens is 377 g/mol. The van der Waals surface area contributed by atoms with Gasteiger partial charge < -0.3 is 20.4 Å². The van der Waals surface area contributed by atoms with Gasteiger partial charge in [-0.05, 0) is 36.9 Å². The molecule has 0 spiro atoms. The van der Waals surface area contributed by atoms with Crippen LogP contribution in [0, 0.1) is 5.82 Å². The van der Waals surface area contributed by atoms with E-state index < -0.39 is 0 Å². The van der Waals surface area contributed by atoms with Crippen molar-refractivity contribution >= 4 is 23.2 Å². The second-order valence-electron chi connectivity index (χ2n) is 6.94. The first kappa shape index (κ1) is 20.4. The number of benzene rings is 2. The number of nitrogens with zero attached hydrogens (tertiary/aromatic N) is 3. The smallest absolute Gasteiger partial charge is 0.191 e. The zero-order valence-corrected chi connectivity index (χ0v) is 17.1. The quantitative estimate of drug-likeness (QED) is 0.594. The van der Waals surface area contributed by atoms with E-state index in [0.717, 1.165) is 48.0 Å². The summed E-state index contributed by atoms with van der Waals surface area (Å²) in [5.41, 5.74) is 3.08. The molecule has 0 amide bonds. The minimum absolute atomic E-state index is 0.241. The van der Waals surface area contributed by atoms with Crippen LogP contribution >= 0.6 is 11.6 Å². The summed E-state index contributed by atoms with van der Waals surface area (Å²) in [4.78, 5) is 8.97. The molecule has 0 aromatic heterocycles. The van der Waals surface area contributed by atoms with Crippen LogP contribution in [0.4, 0.5) is 10.1 Å². The molecule has 1 heterocycles. The van der Waals surface area contributed by atoms with Crippen LogP contribution in [0.1, 0.15) is 11.1 Å². The van der Waals surface area contributed by atoms with Gasteiger partial charge in [-0.3, -0.25) is 4.99 Å². The third-order valence-electron chi connectivity index (χ3n) is 4.94. The number of likely N-dealkylation sites (N-methyl/N-ethyl adjacent to an activating group) is 1. The van der Waals surface area contributed by atoms with Crippen molar-refractivity contribution in [3.63, 3.8) is 0 Å². The number of hydrogen-bond acceptors (Lipinski definition) is 3. The van der Waals surface area contributed by atoms with Crippen molar-refractivity contribution < 1.29 is 4.39 Å². The van der Waals surface area contributed by atoms with Gasteiger partial charge in [-0.1, -0.05) is 29.8 Å². The van der Waals surface area contributed by atoms with Crippen molar-refractivity contribution in [1.82, 2.24) is 15.5 Å². The van der Waals surface area contributed by atoms with Crippen molar-refractivity contribution in [3.8, 4) is 0 Å². The zero-order valence-electron chi connectivity index (χ0n) is 16.4. The Morgan fingerprint density at radius 3 is 2.50 bits per heavy atom. The van der Waals surface area contributed by atoms with E-state index in [1.165, 1.54) is 12.1 Å². The van der Waals surface area contributed by atoms with Gasteiger partial charge in [0.25, 0.3) is 0 Å². The van der Waals surface area contributed by atoms with Crippen LogP contribution in [-0.4, -0.2) is 51.1 Å². The van der Waals surface area contributed by atoms with Crippen molar-refractivity contribution in [1.29, 1.82) is 0 Å². The summed E-state index contributed by atoms with van der Waals surface area (Å²) in [6, 6.07) is 12.6. The third kappa shape index (κ3) is 5.36. The van der Waals surface area contributed by atoms with Crippen LogP contribution in [0.2, 0.25) is 5.02 Å². The third-order valence-corrected chi connectivity index (χ3v) is 5.30. The molecule has 150 valence electrons. The minimum Gasteiger partial charge on any atom is -0.369 e. The summed E-state index contributed by atoms with van der Waals surface area (Å²) < 4.78 is 13.3. The van der Waals surface area contributed by atoms with Gasteiger partial charge in [0.15, 0.2) is 5.96 Å². The SMILES string of the molecule is CN=C(NCc1cccc(F)c1)NCc1c(Cl)cccc1N1CCN(C)CC1. The van der Waals surface area contributed by atoms with Gasteiger partial charge in [-0.2, -0.15) is 0 Å². The Bertz CT molecular complexity index is 818. The number of nitrogens with one attached hydrogen (secondary N) is 2. The van der Waals surface area contributed by atoms with E-state index in [0.29, 0.717) is 19.0 Å². The van der Waals surface area contributed by atoms with Crippen molar-refractivity contribution in [3.05, 3.63) is 64.4 Å². The molecule has 28 heavy (non-hydrogen) atoms. The highest BCUT2D eigenvalue weighted by Gasteiger charge is 2.18. The number of halogens is 2. The van der Waals surface area contributed by atoms with E-state index in [1.54, 1.807) is 13.1 Å². The molecule has 1 saturated heterocycles.